The third kappa shape index (κ3) is 3.83. The number of benzene rings is 1. The molecular weight excluding hydrogens is 224 g/mol. The van der Waals surface area contributed by atoms with Crippen LogP contribution in [0.4, 0.5) is 4.39 Å². The zero-order chi connectivity index (χ0) is 13.2. The van der Waals surface area contributed by atoms with Crippen LogP contribution in [0.3, 0.4) is 0 Å². The molecule has 3 N–H and O–H groups in total. The second kappa shape index (κ2) is 4.85. The molecule has 0 spiro atoms. The van der Waals surface area contributed by atoms with Gasteiger partial charge in [-0.3, -0.25) is 4.79 Å². The van der Waals surface area contributed by atoms with Crippen molar-refractivity contribution < 1.29 is 19.2 Å². The summed E-state index contributed by atoms with van der Waals surface area (Å²) in [6.07, 6.45) is 0. The second-order valence-corrected chi connectivity index (χ2v) is 4.81. The van der Waals surface area contributed by atoms with Gasteiger partial charge >= 0.3 is 7.12 Å². The lowest BCUT2D eigenvalue weighted by atomic mass is 9.76. The molecule has 0 aliphatic rings. The molecule has 0 saturated heterocycles. The first-order chi connectivity index (χ1) is 7.70. The monoisotopic (exact) mass is 239 g/mol. The Bertz CT molecular complexity index is 429. The molecule has 92 valence electrons. The van der Waals surface area contributed by atoms with E-state index in [1.54, 1.807) is 20.8 Å². The molecule has 0 aromatic heterocycles. The maximum absolute atomic E-state index is 13.0. The van der Waals surface area contributed by atoms with Gasteiger partial charge in [0, 0.05) is 11.1 Å². The first-order valence-electron chi connectivity index (χ1n) is 5.19. The predicted molar refractivity (Wildman–Crippen MR) is 63.4 cm³/mol. The topological polar surface area (TPSA) is 69.6 Å². The zero-order valence-electron chi connectivity index (χ0n) is 9.99. The average Bonchev–Trinajstić information content (AvgIpc) is 2.14. The highest BCUT2D eigenvalue weighted by Crippen LogP contribution is 2.05. The molecule has 0 radical (unpaired) electrons. The largest absolute Gasteiger partial charge is 0.489 e. The molecule has 0 bridgehead atoms. The first-order valence-corrected chi connectivity index (χ1v) is 5.19. The van der Waals surface area contributed by atoms with Crippen molar-refractivity contribution in [1.82, 2.24) is 5.32 Å². The molecular formula is C11H15BFNO3. The molecule has 0 fully saturated rings. The minimum atomic E-state index is -1.88. The summed E-state index contributed by atoms with van der Waals surface area (Å²) in [5.41, 5.74) is -0.550. The molecule has 0 heterocycles. The molecule has 0 unspecified atom stereocenters. The number of amides is 1. The third-order valence-corrected chi connectivity index (χ3v) is 2.02. The Morgan fingerprint density at radius 3 is 2.41 bits per heavy atom. The lowest BCUT2D eigenvalue weighted by molar-refractivity contribution is 0.0920. The Kier molecular flexibility index (Phi) is 3.90. The molecule has 1 aromatic rings. The molecule has 1 aromatic carbocycles. The van der Waals surface area contributed by atoms with Crippen molar-refractivity contribution in [2.45, 2.75) is 26.3 Å². The fourth-order valence-electron chi connectivity index (χ4n) is 1.36. The van der Waals surface area contributed by atoms with E-state index in [0.29, 0.717) is 0 Å². The predicted octanol–water partition coefficient (Wildman–Crippen LogP) is 0.0338. The van der Waals surface area contributed by atoms with E-state index < -0.39 is 24.4 Å². The summed E-state index contributed by atoms with van der Waals surface area (Å²) in [5.74, 6) is -1.10. The number of rotatable bonds is 2. The number of nitrogens with one attached hydrogen (secondary N) is 1. The first kappa shape index (κ1) is 13.7. The molecule has 0 aliphatic carbocycles. The van der Waals surface area contributed by atoms with E-state index in [1.165, 1.54) is 6.07 Å². The van der Waals surface area contributed by atoms with Gasteiger partial charge in [0.15, 0.2) is 0 Å². The van der Waals surface area contributed by atoms with E-state index in [2.05, 4.69) is 5.32 Å². The Hall–Kier alpha value is -1.40. The van der Waals surface area contributed by atoms with Gasteiger partial charge < -0.3 is 15.4 Å². The van der Waals surface area contributed by atoms with Crippen LogP contribution in [0.2, 0.25) is 0 Å². The molecule has 0 atom stereocenters. The minimum absolute atomic E-state index is 0.0522. The van der Waals surface area contributed by atoms with Crippen LogP contribution < -0.4 is 10.8 Å². The van der Waals surface area contributed by atoms with Gasteiger partial charge in [0.05, 0.1) is 0 Å². The second-order valence-electron chi connectivity index (χ2n) is 4.81. The maximum atomic E-state index is 13.0. The van der Waals surface area contributed by atoms with Crippen LogP contribution in [0.1, 0.15) is 31.1 Å². The Labute approximate surface area is 99.6 Å². The minimum Gasteiger partial charge on any atom is -0.423 e. The highest BCUT2D eigenvalue weighted by Gasteiger charge is 2.23. The molecule has 1 rings (SSSR count). The van der Waals surface area contributed by atoms with Gasteiger partial charge in [0.25, 0.3) is 5.91 Å². The lowest BCUT2D eigenvalue weighted by Gasteiger charge is -2.21. The van der Waals surface area contributed by atoms with Crippen LogP contribution in [-0.2, 0) is 0 Å². The van der Waals surface area contributed by atoms with Crippen molar-refractivity contribution in [3.05, 3.63) is 29.6 Å². The van der Waals surface area contributed by atoms with E-state index >= 15 is 0 Å². The summed E-state index contributed by atoms with van der Waals surface area (Å²) in [7, 11) is -1.88. The molecule has 17 heavy (non-hydrogen) atoms. The number of halogens is 1. The fraction of sp³-hybridized carbons (Fsp3) is 0.364. The van der Waals surface area contributed by atoms with Crippen molar-refractivity contribution in [2.75, 3.05) is 0 Å². The Morgan fingerprint density at radius 2 is 1.94 bits per heavy atom. The van der Waals surface area contributed by atoms with Crippen LogP contribution in [0.15, 0.2) is 18.2 Å². The van der Waals surface area contributed by atoms with Gasteiger partial charge in [-0.25, -0.2) is 4.39 Å². The molecule has 4 nitrogen and oxygen atoms in total. The summed E-state index contributed by atoms with van der Waals surface area (Å²) >= 11 is 0. The average molecular weight is 239 g/mol. The van der Waals surface area contributed by atoms with Crippen LogP contribution >= 0.6 is 0 Å². The maximum Gasteiger partial charge on any atom is 0.489 e. The van der Waals surface area contributed by atoms with Crippen LogP contribution in [-0.4, -0.2) is 28.6 Å². The van der Waals surface area contributed by atoms with Crippen molar-refractivity contribution in [3.8, 4) is 0 Å². The highest BCUT2D eigenvalue weighted by molar-refractivity contribution is 6.60. The quantitative estimate of drug-likeness (QED) is 0.638. The van der Waals surface area contributed by atoms with Crippen molar-refractivity contribution in [1.29, 1.82) is 0 Å². The summed E-state index contributed by atoms with van der Waals surface area (Å²) < 4.78 is 13.0. The van der Waals surface area contributed by atoms with Crippen LogP contribution in [0.5, 0.6) is 0 Å². The van der Waals surface area contributed by atoms with Gasteiger partial charge in [0.2, 0.25) is 0 Å². The van der Waals surface area contributed by atoms with Gasteiger partial charge in [-0.15, -0.1) is 0 Å². The van der Waals surface area contributed by atoms with Gasteiger partial charge in [-0.2, -0.15) is 0 Å². The van der Waals surface area contributed by atoms with E-state index in [4.69, 9.17) is 10.0 Å². The summed E-state index contributed by atoms with van der Waals surface area (Å²) in [6.45, 7) is 5.39. The molecule has 0 aliphatic heterocycles. The van der Waals surface area contributed by atoms with E-state index in [9.17, 15) is 9.18 Å². The summed E-state index contributed by atoms with van der Waals surface area (Å²) in [4.78, 5) is 11.8. The van der Waals surface area contributed by atoms with E-state index in [0.717, 1.165) is 12.1 Å². The van der Waals surface area contributed by atoms with Crippen molar-refractivity contribution >= 4 is 18.5 Å². The number of carbonyl (C=O) groups excluding carboxylic acids is 1. The van der Waals surface area contributed by atoms with E-state index in [-0.39, 0.29) is 11.0 Å². The van der Waals surface area contributed by atoms with Crippen molar-refractivity contribution in [3.63, 3.8) is 0 Å². The van der Waals surface area contributed by atoms with E-state index in [1.807, 2.05) is 0 Å². The number of hydrogen-bond acceptors (Lipinski definition) is 3. The molecule has 0 saturated carbocycles. The highest BCUT2D eigenvalue weighted by atomic mass is 19.1. The molecule has 1 amide bonds. The van der Waals surface area contributed by atoms with Crippen LogP contribution in [0.25, 0.3) is 0 Å². The number of hydrogen-bond donors (Lipinski definition) is 3. The van der Waals surface area contributed by atoms with Crippen LogP contribution in [0, 0.1) is 5.82 Å². The van der Waals surface area contributed by atoms with Gasteiger partial charge in [-0.1, -0.05) is 0 Å². The fourth-order valence-corrected chi connectivity index (χ4v) is 1.36. The van der Waals surface area contributed by atoms with Crippen molar-refractivity contribution in [2.24, 2.45) is 0 Å². The zero-order valence-corrected chi connectivity index (χ0v) is 9.99. The standard InChI is InChI=1S/C11H15BFNO3/c1-11(2,3)14-10(15)8-5-4-7(13)6-9(8)12(16)17/h4-6,16-17H,1-3H3,(H,14,15). The lowest BCUT2D eigenvalue weighted by Crippen LogP contribution is -2.45. The summed E-state index contributed by atoms with van der Waals surface area (Å²) in [6, 6.07) is 3.26. The van der Waals surface area contributed by atoms with Gasteiger partial charge in [-0.05, 0) is 44.4 Å². The Balaban J connectivity index is 3.09. The summed E-state index contributed by atoms with van der Waals surface area (Å²) in [5, 5.41) is 20.8. The third-order valence-electron chi connectivity index (χ3n) is 2.02. The Morgan fingerprint density at radius 1 is 1.35 bits per heavy atom. The smallest absolute Gasteiger partial charge is 0.423 e. The normalized spacial score (nSPS) is 11.2. The molecule has 6 heteroatoms. The SMILES string of the molecule is CC(C)(C)NC(=O)c1ccc(F)cc1B(O)O. The van der Waals surface area contributed by atoms with Gasteiger partial charge in [0.1, 0.15) is 5.82 Å². The number of carbonyl (C=O) groups is 1.